The zero-order chi connectivity index (χ0) is 20.9. The maximum atomic E-state index is 14.0. The molecule has 0 saturated heterocycles. The van der Waals surface area contributed by atoms with Crippen LogP contribution in [0.25, 0.3) is 33.1 Å². The second-order valence-corrected chi connectivity index (χ2v) is 7.88. The molecule has 0 saturated carbocycles. The Balaban J connectivity index is 1.84. The van der Waals surface area contributed by atoms with Crippen molar-refractivity contribution in [3.63, 3.8) is 0 Å². The first-order valence-electron chi connectivity index (χ1n) is 9.03. The van der Waals surface area contributed by atoms with Crippen LogP contribution in [-0.4, -0.2) is 21.4 Å². The molecule has 4 nitrogen and oxygen atoms in total. The molecule has 0 radical (unpaired) electrons. The minimum atomic E-state index is -1.52. The van der Waals surface area contributed by atoms with Crippen molar-refractivity contribution in [2.45, 2.75) is 26.3 Å². The lowest BCUT2D eigenvalue weighted by atomic mass is 10.0. The number of nitrogens with zero attached hydrogens (tertiary/aromatic N) is 1. The quantitative estimate of drug-likeness (QED) is 0.449. The van der Waals surface area contributed by atoms with Gasteiger partial charge in [-0.2, -0.15) is 0 Å². The van der Waals surface area contributed by atoms with Gasteiger partial charge in [0, 0.05) is 33.6 Å². The molecule has 4 aromatic rings. The monoisotopic (exact) mass is 397 g/mol. The third-order valence-electron chi connectivity index (χ3n) is 4.55. The van der Waals surface area contributed by atoms with E-state index in [-0.39, 0.29) is 22.3 Å². The minimum Gasteiger partial charge on any atom is -0.358 e. The molecule has 4 rings (SSSR count). The topological polar surface area (TPSA) is 57.8 Å². The van der Waals surface area contributed by atoms with Gasteiger partial charge in [-0.1, -0.05) is 6.07 Å². The maximum Gasteiger partial charge on any atom is 0.252 e. The first-order chi connectivity index (χ1) is 13.7. The Bertz CT molecular complexity index is 1270. The third-order valence-corrected chi connectivity index (χ3v) is 4.55. The number of halogens is 3. The molecular weight excluding hydrogens is 379 g/mol. The van der Waals surface area contributed by atoms with Crippen LogP contribution in [0.2, 0.25) is 0 Å². The molecule has 7 heteroatoms. The molecule has 0 fully saturated rings. The molecule has 0 aliphatic rings. The fourth-order valence-electron chi connectivity index (χ4n) is 3.29. The van der Waals surface area contributed by atoms with E-state index in [1.807, 2.05) is 20.8 Å². The predicted octanol–water partition coefficient (Wildman–Crippen LogP) is 5.33. The number of benzene rings is 2. The van der Waals surface area contributed by atoms with Crippen LogP contribution in [0.5, 0.6) is 0 Å². The molecule has 2 N–H and O–H groups in total. The molecule has 0 spiro atoms. The number of nitrogens with one attached hydrogen (secondary N) is 2. The van der Waals surface area contributed by atoms with E-state index in [4.69, 9.17) is 0 Å². The van der Waals surface area contributed by atoms with Gasteiger partial charge in [-0.05, 0) is 51.1 Å². The number of fused-ring (bicyclic) bond motifs is 2. The Kier molecular flexibility index (Phi) is 4.33. The van der Waals surface area contributed by atoms with Crippen LogP contribution in [0.1, 0.15) is 31.1 Å². The van der Waals surface area contributed by atoms with Gasteiger partial charge in [0.2, 0.25) is 0 Å². The van der Waals surface area contributed by atoms with E-state index in [0.717, 1.165) is 6.07 Å². The number of rotatable bonds is 2. The van der Waals surface area contributed by atoms with E-state index >= 15 is 0 Å². The number of aromatic nitrogens is 2. The third kappa shape index (κ3) is 3.33. The summed E-state index contributed by atoms with van der Waals surface area (Å²) in [6.07, 6.45) is 1.46. The van der Waals surface area contributed by atoms with Crippen molar-refractivity contribution in [2.24, 2.45) is 0 Å². The molecule has 1 amide bonds. The molecule has 0 aliphatic heterocycles. The highest BCUT2D eigenvalue weighted by molar-refractivity contribution is 6.07. The zero-order valence-corrected chi connectivity index (χ0v) is 16.0. The maximum absolute atomic E-state index is 14.0. The number of amides is 1. The van der Waals surface area contributed by atoms with Gasteiger partial charge in [0.15, 0.2) is 17.5 Å². The summed E-state index contributed by atoms with van der Waals surface area (Å²) >= 11 is 0. The van der Waals surface area contributed by atoms with Gasteiger partial charge < -0.3 is 10.3 Å². The SMILES string of the molecule is CC(C)(C)NC(=O)c1cccc2nc(-c3c[nH]c4c(F)c(F)c(F)cc34)ccc12. The fraction of sp³-hybridized carbons (Fsp3) is 0.182. The second-order valence-electron chi connectivity index (χ2n) is 7.88. The molecule has 0 unspecified atom stereocenters. The number of pyridine rings is 1. The molecule has 148 valence electrons. The van der Waals surface area contributed by atoms with Crippen molar-refractivity contribution in [1.29, 1.82) is 0 Å². The summed E-state index contributed by atoms with van der Waals surface area (Å²) in [5.41, 5.74) is 1.40. The van der Waals surface area contributed by atoms with Gasteiger partial charge in [-0.3, -0.25) is 4.79 Å². The van der Waals surface area contributed by atoms with Gasteiger partial charge in [0.25, 0.3) is 5.91 Å². The van der Waals surface area contributed by atoms with Crippen LogP contribution >= 0.6 is 0 Å². The summed E-state index contributed by atoms with van der Waals surface area (Å²) in [4.78, 5) is 19.8. The fourth-order valence-corrected chi connectivity index (χ4v) is 3.29. The first kappa shape index (κ1) is 19.0. The smallest absolute Gasteiger partial charge is 0.252 e. The van der Waals surface area contributed by atoms with Gasteiger partial charge in [0.05, 0.1) is 16.7 Å². The number of H-pyrrole nitrogens is 1. The van der Waals surface area contributed by atoms with Crippen LogP contribution in [0.3, 0.4) is 0 Å². The Morgan fingerprint density at radius 1 is 1.03 bits per heavy atom. The highest BCUT2D eigenvalue weighted by Crippen LogP contribution is 2.32. The number of hydrogen-bond donors (Lipinski definition) is 2. The summed E-state index contributed by atoms with van der Waals surface area (Å²) in [5.74, 6) is -4.28. The van der Waals surface area contributed by atoms with Crippen LogP contribution < -0.4 is 5.32 Å². The van der Waals surface area contributed by atoms with E-state index in [9.17, 15) is 18.0 Å². The van der Waals surface area contributed by atoms with E-state index < -0.39 is 17.5 Å². The molecule has 29 heavy (non-hydrogen) atoms. The van der Waals surface area contributed by atoms with Crippen LogP contribution in [-0.2, 0) is 0 Å². The van der Waals surface area contributed by atoms with Crippen LogP contribution in [0, 0.1) is 17.5 Å². The Labute approximate surface area is 164 Å². The van der Waals surface area contributed by atoms with Crippen molar-refractivity contribution < 1.29 is 18.0 Å². The Hall–Kier alpha value is -3.35. The van der Waals surface area contributed by atoms with Crippen LogP contribution in [0.4, 0.5) is 13.2 Å². The molecule has 2 aromatic carbocycles. The molecule has 0 bridgehead atoms. The number of carbonyl (C=O) groups excluding carboxylic acids is 1. The highest BCUT2D eigenvalue weighted by Gasteiger charge is 2.20. The van der Waals surface area contributed by atoms with E-state index in [1.165, 1.54) is 6.20 Å². The van der Waals surface area contributed by atoms with Crippen LogP contribution in [0.15, 0.2) is 42.6 Å². The summed E-state index contributed by atoms with van der Waals surface area (Å²) in [6, 6.07) is 9.54. The number of aromatic amines is 1. The first-order valence-corrected chi connectivity index (χ1v) is 9.03. The average molecular weight is 397 g/mol. The van der Waals surface area contributed by atoms with Crippen molar-refractivity contribution in [3.8, 4) is 11.3 Å². The number of carbonyl (C=O) groups is 1. The van der Waals surface area contributed by atoms with E-state index in [2.05, 4.69) is 15.3 Å². The zero-order valence-electron chi connectivity index (χ0n) is 16.0. The molecule has 0 atom stereocenters. The average Bonchev–Trinajstić information content (AvgIpc) is 3.07. The van der Waals surface area contributed by atoms with Crippen molar-refractivity contribution in [2.75, 3.05) is 0 Å². The molecule has 0 aliphatic carbocycles. The molecule has 2 aromatic heterocycles. The predicted molar refractivity (Wildman–Crippen MR) is 106 cm³/mol. The van der Waals surface area contributed by atoms with Gasteiger partial charge >= 0.3 is 0 Å². The van der Waals surface area contributed by atoms with Gasteiger partial charge in [-0.15, -0.1) is 0 Å². The van der Waals surface area contributed by atoms with Gasteiger partial charge in [0.1, 0.15) is 0 Å². The Morgan fingerprint density at radius 2 is 1.79 bits per heavy atom. The second kappa shape index (κ2) is 6.62. The standard InChI is InChI=1S/C22H18F3N3O/c1-22(2,3)28-21(29)12-5-4-6-16-11(12)7-8-17(27-16)14-10-26-20-13(14)9-15(23)18(24)19(20)25/h4-10,26H,1-3H3,(H,28,29). The van der Waals surface area contributed by atoms with Gasteiger partial charge in [-0.25, -0.2) is 18.2 Å². The highest BCUT2D eigenvalue weighted by atomic mass is 19.2. The summed E-state index contributed by atoms with van der Waals surface area (Å²) in [5, 5.41) is 3.76. The lowest BCUT2D eigenvalue weighted by Gasteiger charge is -2.21. The Morgan fingerprint density at radius 3 is 2.52 bits per heavy atom. The van der Waals surface area contributed by atoms with E-state index in [1.54, 1.807) is 30.3 Å². The normalized spacial score (nSPS) is 11.9. The largest absolute Gasteiger partial charge is 0.358 e. The number of hydrogen-bond acceptors (Lipinski definition) is 2. The van der Waals surface area contributed by atoms with Crippen molar-refractivity contribution in [1.82, 2.24) is 15.3 Å². The lowest BCUT2D eigenvalue weighted by Crippen LogP contribution is -2.40. The molecular formula is C22H18F3N3O. The minimum absolute atomic E-state index is 0.126. The van der Waals surface area contributed by atoms with Crippen molar-refractivity contribution in [3.05, 3.63) is 65.6 Å². The van der Waals surface area contributed by atoms with Crippen molar-refractivity contribution >= 4 is 27.7 Å². The summed E-state index contributed by atoms with van der Waals surface area (Å²) in [6.45, 7) is 5.68. The molecule has 2 heterocycles. The summed E-state index contributed by atoms with van der Waals surface area (Å²) < 4.78 is 41.2. The summed E-state index contributed by atoms with van der Waals surface area (Å²) in [7, 11) is 0. The lowest BCUT2D eigenvalue weighted by molar-refractivity contribution is 0.0921. The van der Waals surface area contributed by atoms with E-state index in [0.29, 0.717) is 27.7 Å².